The van der Waals surface area contributed by atoms with E-state index in [-0.39, 0.29) is 23.7 Å². The van der Waals surface area contributed by atoms with Crippen LogP contribution in [-0.4, -0.2) is 68.6 Å². The molecule has 0 unspecified atom stereocenters. The van der Waals surface area contributed by atoms with E-state index < -0.39 is 5.91 Å². The van der Waals surface area contributed by atoms with Crippen molar-refractivity contribution in [3.63, 3.8) is 0 Å². The minimum atomic E-state index is -0.481. The Labute approximate surface area is 220 Å². The van der Waals surface area contributed by atoms with Crippen LogP contribution in [-0.2, 0) is 14.3 Å². The van der Waals surface area contributed by atoms with Crippen LogP contribution in [0, 0.1) is 19.3 Å². The second kappa shape index (κ2) is 10.1. The summed E-state index contributed by atoms with van der Waals surface area (Å²) in [5, 5.41) is 15.3. The zero-order valence-corrected chi connectivity index (χ0v) is 22.3. The molecule has 0 spiro atoms. The highest BCUT2D eigenvalue weighted by atomic mass is 32.2. The van der Waals surface area contributed by atoms with Crippen LogP contribution in [0.4, 0.5) is 0 Å². The smallest absolute Gasteiger partial charge is 0.283 e. The number of nitrogens with zero attached hydrogens (tertiary/aromatic N) is 5. The Kier molecular flexibility index (Phi) is 6.87. The molecule has 3 aliphatic heterocycles. The first kappa shape index (κ1) is 25.2. The number of amidine groups is 2. The molecule has 1 aromatic carbocycles. The second-order valence-corrected chi connectivity index (χ2v) is 10.6. The molecular formula is C27H30N6O3S. The summed E-state index contributed by atoms with van der Waals surface area (Å²) in [6.07, 6.45) is 1.82. The van der Waals surface area contributed by atoms with Crippen molar-refractivity contribution in [1.82, 2.24) is 14.5 Å². The van der Waals surface area contributed by atoms with E-state index >= 15 is 0 Å². The quantitative estimate of drug-likeness (QED) is 0.601. The van der Waals surface area contributed by atoms with Crippen molar-refractivity contribution in [2.75, 3.05) is 26.3 Å². The fraction of sp³-hybridized carbons (Fsp3) is 0.370. The molecule has 1 saturated heterocycles. The van der Waals surface area contributed by atoms with Gasteiger partial charge in [-0.2, -0.15) is 15.1 Å². The SMILES string of the molecule is Cc1cc(/C=C2\C(=N)N3N=C(CC(=O)N4CCOCC4)SC3=NC2=O)c(C)n1-c1ccc(C(C)C)cc1. The molecule has 0 atom stereocenters. The summed E-state index contributed by atoms with van der Waals surface area (Å²) >= 11 is 1.17. The number of aryl methyl sites for hydroxylation is 1. The fourth-order valence-electron chi connectivity index (χ4n) is 4.65. The van der Waals surface area contributed by atoms with Crippen molar-refractivity contribution in [1.29, 1.82) is 5.41 Å². The number of fused-ring (bicyclic) bond motifs is 1. The predicted octanol–water partition coefficient (Wildman–Crippen LogP) is 4.09. The monoisotopic (exact) mass is 518 g/mol. The molecule has 192 valence electrons. The molecule has 0 saturated carbocycles. The minimum absolute atomic E-state index is 0.0394. The van der Waals surface area contributed by atoms with Gasteiger partial charge in [0, 0.05) is 30.2 Å². The molecule has 2 aromatic rings. The van der Waals surface area contributed by atoms with Gasteiger partial charge in [-0.3, -0.25) is 15.0 Å². The van der Waals surface area contributed by atoms with Gasteiger partial charge in [0.25, 0.3) is 5.91 Å². The van der Waals surface area contributed by atoms with Crippen molar-refractivity contribution in [2.45, 2.75) is 40.0 Å². The highest BCUT2D eigenvalue weighted by Gasteiger charge is 2.36. The van der Waals surface area contributed by atoms with Gasteiger partial charge in [0.2, 0.25) is 11.1 Å². The molecule has 0 aliphatic carbocycles. The van der Waals surface area contributed by atoms with Crippen LogP contribution >= 0.6 is 11.8 Å². The molecule has 3 aliphatic rings. The number of nitrogens with one attached hydrogen (secondary N) is 1. The minimum Gasteiger partial charge on any atom is -0.378 e. The Morgan fingerprint density at radius 1 is 1.19 bits per heavy atom. The van der Waals surface area contributed by atoms with Gasteiger partial charge in [-0.15, -0.1) is 0 Å². The maximum atomic E-state index is 12.9. The summed E-state index contributed by atoms with van der Waals surface area (Å²) in [4.78, 5) is 31.5. The third-order valence-electron chi connectivity index (χ3n) is 6.75. The number of aliphatic imine (C=N–C) groups is 1. The van der Waals surface area contributed by atoms with Crippen molar-refractivity contribution in [3.8, 4) is 5.69 Å². The maximum Gasteiger partial charge on any atom is 0.283 e. The van der Waals surface area contributed by atoms with Gasteiger partial charge >= 0.3 is 0 Å². The number of amides is 2. The molecule has 4 heterocycles. The standard InChI is InChI=1S/C27H30N6O3S/c1-16(2)19-5-7-21(8-6-19)32-17(3)13-20(18(32)4)14-22-25(28)33-27(29-26(22)35)37-23(30-33)15-24(34)31-9-11-36-12-10-31/h5-8,13-14,16,28H,9-12,15H2,1-4H3/b22-14+,28-25?. The zero-order chi connectivity index (χ0) is 26.3. The zero-order valence-electron chi connectivity index (χ0n) is 21.4. The van der Waals surface area contributed by atoms with Gasteiger partial charge in [0.15, 0.2) is 5.84 Å². The first-order chi connectivity index (χ1) is 17.7. The topological polar surface area (TPSA) is 103 Å². The number of hydrogen-bond donors (Lipinski definition) is 1. The molecule has 0 bridgehead atoms. The number of hydrazone groups is 1. The van der Waals surface area contributed by atoms with E-state index in [2.05, 4.69) is 52.8 Å². The summed E-state index contributed by atoms with van der Waals surface area (Å²) in [5.41, 5.74) is 5.33. The molecule has 10 heteroatoms. The molecule has 37 heavy (non-hydrogen) atoms. The summed E-state index contributed by atoms with van der Waals surface area (Å²) in [6, 6.07) is 10.5. The molecule has 1 N–H and O–H groups in total. The van der Waals surface area contributed by atoms with E-state index in [9.17, 15) is 9.59 Å². The largest absolute Gasteiger partial charge is 0.378 e. The predicted molar refractivity (Wildman–Crippen MR) is 146 cm³/mol. The first-order valence-electron chi connectivity index (χ1n) is 12.4. The molecule has 5 rings (SSSR count). The van der Waals surface area contributed by atoms with Crippen molar-refractivity contribution in [3.05, 3.63) is 58.4 Å². The number of carbonyl (C=O) groups excluding carboxylic acids is 2. The normalized spacial score (nSPS) is 19.0. The highest BCUT2D eigenvalue weighted by molar-refractivity contribution is 8.27. The van der Waals surface area contributed by atoms with E-state index in [0.717, 1.165) is 22.6 Å². The van der Waals surface area contributed by atoms with Crippen molar-refractivity contribution >= 4 is 45.7 Å². The summed E-state index contributed by atoms with van der Waals surface area (Å²) in [5.74, 6) is -0.106. The third kappa shape index (κ3) is 4.91. The van der Waals surface area contributed by atoms with E-state index in [4.69, 9.17) is 10.1 Å². The van der Waals surface area contributed by atoms with Gasteiger partial charge in [-0.05, 0) is 66.9 Å². The maximum absolute atomic E-state index is 12.9. The Morgan fingerprint density at radius 2 is 1.89 bits per heavy atom. The number of carbonyl (C=O) groups is 2. The average molecular weight is 519 g/mol. The molecule has 0 radical (unpaired) electrons. The number of rotatable bonds is 5. The number of aromatic nitrogens is 1. The van der Waals surface area contributed by atoms with Crippen molar-refractivity contribution in [2.24, 2.45) is 10.1 Å². The highest BCUT2D eigenvalue weighted by Crippen LogP contribution is 2.31. The van der Waals surface area contributed by atoms with Crippen LogP contribution in [0.25, 0.3) is 11.8 Å². The molecule has 2 amide bonds. The third-order valence-corrected chi connectivity index (χ3v) is 7.66. The lowest BCUT2D eigenvalue weighted by molar-refractivity contribution is -0.133. The molecule has 9 nitrogen and oxygen atoms in total. The van der Waals surface area contributed by atoms with Gasteiger partial charge in [0.1, 0.15) is 5.04 Å². The van der Waals surface area contributed by atoms with Gasteiger partial charge in [-0.1, -0.05) is 26.0 Å². The van der Waals surface area contributed by atoms with E-state index in [1.54, 1.807) is 11.0 Å². The van der Waals surface area contributed by atoms with Crippen LogP contribution in [0.2, 0.25) is 0 Å². The van der Waals surface area contributed by atoms with Crippen LogP contribution in [0.15, 0.2) is 46.0 Å². The fourth-order valence-corrected chi connectivity index (χ4v) is 5.53. The van der Waals surface area contributed by atoms with Crippen molar-refractivity contribution < 1.29 is 14.3 Å². The number of benzene rings is 1. The Balaban J connectivity index is 1.38. The second-order valence-electron chi connectivity index (χ2n) is 9.59. The van der Waals surface area contributed by atoms with Crippen LogP contribution in [0.1, 0.15) is 48.7 Å². The lowest BCUT2D eigenvalue weighted by Crippen LogP contribution is -2.41. The van der Waals surface area contributed by atoms with Gasteiger partial charge in [0.05, 0.1) is 25.2 Å². The van der Waals surface area contributed by atoms with Gasteiger partial charge < -0.3 is 14.2 Å². The van der Waals surface area contributed by atoms with E-state index in [0.29, 0.717) is 42.4 Å². The van der Waals surface area contributed by atoms with Crippen LogP contribution in [0.3, 0.4) is 0 Å². The first-order valence-corrected chi connectivity index (χ1v) is 13.2. The molecule has 1 fully saturated rings. The summed E-state index contributed by atoms with van der Waals surface area (Å²) < 4.78 is 7.45. The summed E-state index contributed by atoms with van der Waals surface area (Å²) in [6.45, 7) is 10.5. The summed E-state index contributed by atoms with van der Waals surface area (Å²) in [7, 11) is 0. The number of thioether (sulfide) groups is 1. The average Bonchev–Trinajstić information content (AvgIpc) is 3.41. The molecule has 1 aromatic heterocycles. The van der Waals surface area contributed by atoms with Gasteiger partial charge in [-0.25, -0.2) is 0 Å². The van der Waals surface area contributed by atoms with Crippen LogP contribution in [0.5, 0.6) is 0 Å². The lowest BCUT2D eigenvalue weighted by Gasteiger charge is -2.26. The Bertz CT molecular complexity index is 1360. The number of hydrogen-bond acceptors (Lipinski definition) is 6. The van der Waals surface area contributed by atoms with Crippen LogP contribution < -0.4 is 0 Å². The number of morpholine rings is 1. The molecular weight excluding hydrogens is 488 g/mol. The number of ether oxygens (including phenoxy) is 1. The van der Waals surface area contributed by atoms with E-state index in [1.807, 2.05) is 19.9 Å². The lowest BCUT2D eigenvalue weighted by atomic mass is 10.0. The van der Waals surface area contributed by atoms with E-state index in [1.165, 1.54) is 22.3 Å². The Hall–Kier alpha value is -3.50. The Morgan fingerprint density at radius 3 is 2.57 bits per heavy atom.